The molecule has 2 nitrogen and oxygen atoms in total. The summed E-state index contributed by atoms with van der Waals surface area (Å²) in [7, 11) is 0. The van der Waals surface area contributed by atoms with Crippen molar-refractivity contribution in [2.45, 2.75) is 38.2 Å². The van der Waals surface area contributed by atoms with Crippen LogP contribution in [-0.4, -0.2) is 25.0 Å². The summed E-state index contributed by atoms with van der Waals surface area (Å²) in [6.07, 6.45) is -5.58. The Morgan fingerprint density at radius 1 is 1.17 bits per heavy atom. The summed E-state index contributed by atoms with van der Waals surface area (Å²) in [5.74, 6) is 0. The molecule has 0 amide bonds. The average Bonchev–Trinajstić information content (AvgIpc) is 2.92. The minimum Gasteiger partial charge on any atom is -0.368 e. The largest absolute Gasteiger partial charge is 0.418 e. The normalized spacial score (nSPS) is 19.6. The smallest absolute Gasteiger partial charge is 0.368 e. The van der Waals surface area contributed by atoms with Crippen molar-refractivity contribution in [1.29, 1.82) is 0 Å². The van der Waals surface area contributed by atoms with Gasteiger partial charge in [0, 0.05) is 34.9 Å². The molecule has 0 aromatic heterocycles. The van der Waals surface area contributed by atoms with Crippen LogP contribution in [0.1, 0.15) is 25.3 Å². The number of benzene rings is 1. The predicted octanol–water partition coefficient (Wildman–Crippen LogP) is 3.53. The molecule has 130 valence electrons. The zero-order chi connectivity index (χ0) is 17.7. The van der Waals surface area contributed by atoms with E-state index >= 15 is 0 Å². The van der Waals surface area contributed by atoms with Crippen LogP contribution < -0.4 is 15.3 Å². The molecule has 0 saturated carbocycles. The Labute approximate surface area is 133 Å². The molecular formula is C16H14F6N2. The van der Waals surface area contributed by atoms with Gasteiger partial charge in [0.05, 0.1) is 17.7 Å². The maximum atomic E-state index is 13.3. The second kappa shape index (κ2) is 5.53. The van der Waals surface area contributed by atoms with Crippen molar-refractivity contribution < 1.29 is 26.3 Å². The molecule has 3 rings (SSSR count). The van der Waals surface area contributed by atoms with Crippen LogP contribution in [0, 0.1) is 0 Å². The standard InChI is InChI=1S/C16H14F6N2/c1-2-24-9(8-15(17,18)19)3-4-10-11-5-6-23-14(11)12(7-13(10)24)16(20,21)22/h4-7,9H,2-3,8H2,1H3. The first kappa shape index (κ1) is 16.9. The van der Waals surface area contributed by atoms with E-state index in [1.807, 2.05) is 0 Å². The van der Waals surface area contributed by atoms with Gasteiger partial charge in [0.1, 0.15) is 0 Å². The van der Waals surface area contributed by atoms with Gasteiger partial charge in [0.25, 0.3) is 0 Å². The lowest BCUT2D eigenvalue weighted by molar-refractivity contribution is -0.139. The number of halogens is 6. The van der Waals surface area contributed by atoms with Crippen LogP contribution in [-0.2, 0) is 6.18 Å². The predicted molar refractivity (Wildman–Crippen MR) is 79.9 cm³/mol. The highest BCUT2D eigenvalue weighted by molar-refractivity contribution is 5.98. The molecule has 0 saturated heterocycles. The minimum atomic E-state index is -4.62. The first-order valence-electron chi connectivity index (χ1n) is 7.44. The first-order valence-corrected chi connectivity index (χ1v) is 7.44. The molecular weight excluding hydrogens is 334 g/mol. The van der Waals surface area contributed by atoms with Crippen molar-refractivity contribution in [3.8, 4) is 0 Å². The third-order valence-corrected chi connectivity index (χ3v) is 4.26. The number of aliphatic imine (C=N–C) groups is 1. The number of rotatable bonds is 2. The SMILES string of the molecule is CCN1c2cc(C(F)(F)F)c3c(c2=CCC1CC(F)(F)F)=CC=N3. The summed E-state index contributed by atoms with van der Waals surface area (Å²) >= 11 is 0. The van der Waals surface area contributed by atoms with Crippen molar-refractivity contribution in [1.82, 2.24) is 0 Å². The molecule has 8 heteroatoms. The van der Waals surface area contributed by atoms with Crippen molar-refractivity contribution >= 4 is 29.7 Å². The van der Waals surface area contributed by atoms with Gasteiger partial charge in [-0.25, -0.2) is 0 Å². The molecule has 2 aliphatic heterocycles. The van der Waals surface area contributed by atoms with Gasteiger partial charge in [-0.1, -0.05) is 6.08 Å². The van der Waals surface area contributed by atoms with Gasteiger partial charge in [-0.05, 0) is 25.5 Å². The Hall–Kier alpha value is -1.99. The van der Waals surface area contributed by atoms with Gasteiger partial charge in [-0.3, -0.25) is 4.99 Å². The monoisotopic (exact) mass is 348 g/mol. The second-order valence-electron chi connectivity index (χ2n) is 5.76. The van der Waals surface area contributed by atoms with Crippen LogP contribution in [0.15, 0.2) is 11.1 Å². The lowest BCUT2D eigenvalue weighted by Gasteiger charge is -2.36. The number of alkyl halides is 6. The molecule has 0 spiro atoms. The molecule has 0 bridgehead atoms. The van der Waals surface area contributed by atoms with E-state index in [1.165, 1.54) is 17.2 Å². The van der Waals surface area contributed by atoms with Crippen molar-refractivity contribution in [2.75, 3.05) is 11.4 Å². The van der Waals surface area contributed by atoms with E-state index in [0.717, 1.165) is 6.07 Å². The maximum absolute atomic E-state index is 13.3. The van der Waals surface area contributed by atoms with Crippen LogP contribution in [0.2, 0.25) is 0 Å². The van der Waals surface area contributed by atoms with Gasteiger partial charge >= 0.3 is 12.4 Å². The fourth-order valence-electron chi connectivity index (χ4n) is 3.32. The lowest BCUT2D eigenvalue weighted by Crippen LogP contribution is -2.46. The van der Waals surface area contributed by atoms with Crippen molar-refractivity contribution in [3.05, 3.63) is 22.1 Å². The summed E-state index contributed by atoms with van der Waals surface area (Å²) in [5, 5.41) is 0.847. The maximum Gasteiger partial charge on any atom is 0.418 e. The fourth-order valence-corrected chi connectivity index (χ4v) is 3.32. The number of nitrogens with zero attached hydrogens (tertiary/aromatic N) is 2. The molecule has 0 aliphatic carbocycles. The molecule has 1 unspecified atom stereocenters. The summed E-state index contributed by atoms with van der Waals surface area (Å²) in [6.45, 7) is 1.83. The lowest BCUT2D eigenvalue weighted by atomic mass is 9.96. The van der Waals surface area contributed by atoms with E-state index in [-0.39, 0.29) is 24.3 Å². The summed E-state index contributed by atoms with van der Waals surface area (Å²) in [4.78, 5) is 5.19. The highest BCUT2D eigenvalue weighted by Gasteiger charge is 2.39. The van der Waals surface area contributed by atoms with Gasteiger partial charge in [-0.2, -0.15) is 26.3 Å². The molecule has 1 aromatic rings. The number of fused-ring (bicyclic) bond motifs is 3. The highest BCUT2D eigenvalue weighted by Crippen LogP contribution is 2.38. The van der Waals surface area contributed by atoms with Gasteiger partial charge in [0.2, 0.25) is 0 Å². The quantitative estimate of drug-likeness (QED) is 0.747. The molecule has 24 heavy (non-hydrogen) atoms. The molecule has 0 fully saturated rings. The van der Waals surface area contributed by atoms with Crippen molar-refractivity contribution in [3.63, 3.8) is 0 Å². The third kappa shape index (κ3) is 2.89. The molecule has 0 N–H and O–H groups in total. The Kier molecular flexibility index (Phi) is 3.88. The zero-order valence-corrected chi connectivity index (χ0v) is 12.7. The van der Waals surface area contributed by atoms with Crippen LogP contribution >= 0.6 is 0 Å². The van der Waals surface area contributed by atoms with E-state index in [1.54, 1.807) is 13.0 Å². The van der Waals surface area contributed by atoms with Gasteiger partial charge in [0.15, 0.2) is 0 Å². The van der Waals surface area contributed by atoms with Crippen LogP contribution in [0.3, 0.4) is 0 Å². The molecule has 0 radical (unpaired) electrons. The van der Waals surface area contributed by atoms with E-state index in [0.29, 0.717) is 10.4 Å². The molecule has 1 aromatic carbocycles. The summed E-state index contributed by atoms with van der Waals surface area (Å²) < 4.78 is 78.2. The van der Waals surface area contributed by atoms with E-state index in [4.69, 9.17) is 0 Å². The van der Waals surface area contributed by atoms with E-state index in [9.17, 15) is 26.3 Å². The first-order chi connectivity index (χ1) is 11.1. The Morgan fingerprint density at radius 2 is 1.88 bits per heavy atom. The number of hydrogen-bond donors (Lipinski definition) is 0. The summed E-state index contributed by atoms with van der Waals surface area (Å²) in [6, 6.07) is 0.0247. The topological polar surface area (TPSA) is 15.6 Å². The second-order valence-corrected chi connectivity index (χ2v) is 5.76. The summed E-state index contributed by atoms with van der Waals surface area (Å²) in [5.41, 5.74) is -0.894. The number of hydrogen-bond acceptors (Lipinski definition) is 2. The fraction of sp³-hybridized carbons (Fsp3) is 0.438. The Morgan fingerprint density at radius 3 is 2.46 bits per heavy atom. The Balaban J connectivity index is 2.18. The Bertz CT molecular complexity index is 804. The number of anilines is 1. The molecule has 2 aliphatic rings. The molecule has 2 heterocycles. The van der Waals surface area contributed by atoms with Gasteiger partial charge in [-0.15, -0.1) is 0 Å². The average molecular weight is 348 g/mol. The highest BCUT2D eigenvalue weighted by atomic mass is 19.4. The van der Waals surface area contributed by atoms with Crippen LogP contribution in [0.5, 0.6) is 0 Å². The van der Waals surface area contributed by atoms with E-state index in [2.05, 4.69) is 4.99 Å². The molecule has 1 atom stereocenters. The van der Waals surface area contributed by atoms with Crippen molar-refractivity contribution in [2.24, 2.45) is 4.99 Å². The van der Waals surface area contributed by atoms with Crippen LogP contribution in [0.4, 0.5) is 37.7 Å². The minimum absolute atomic E-state index is 0.131. The van der Waals surface area contributed by atoms with E-state index < -0.39 is 30.4 Å². The zero-order valence-electron chi connectivity index (χ0n) is 12.7. The third-order valence-electron chi connectivity index (χ3n) is 4.26. The van der Waals surface area contributed by atoms with Crippen LogP contribution in [0.25, 0.3) is 12.2 Å². The van der Waals surface area contributed by atoms with Gasteiger partial charge < -0.3 is 4.90 Å².